The molecule has 2 saturated heterocycles. The molecule has 1 unspecified atom stereocenters. The maximum absolute atomic E-state index is 13.0. The van der Waals surface area contributed by atoms with E-state index in [1.54, 1.807) is 0 Å². The average molecular weight is 295 g/mol. The molecule has 122 valence electrons. The minimum atomic E-state index is -0.354. The summed E-state index contributed by atoms with van der Waals surface area (Å²) in [7, 11) is 0. The summed E-state index contributed by atoms with van der Waals surface area (Å²) in [5, 5.41) is 3.37. The van der Waals surface area contributed by atoms with Crippen LogP contribution in [-0.4, -0.2) is 60.5 Å². The van der Waals surface area contributed by atoms with E-state index in [2.05, 4.69) is 35.9 Å². The fourth-order valence-electron chi connectivity index (χ4n) is 3.81. The number of carbonyl (C=O) groups excluding carboxylic acids is 1. The summed E-state index contributed by atoms with van der Waals surface area (Å²) in [4.78, 5) is 17.5. The molecule has 0 aromatic heterocycles. The first-order valence-electron chi connectivity index (χ1n) is 8.81. The molecule has 4 nitrogen and oxygen atoms in total. The first kappa shape index (κ1) is 16.8. The second kappa shape index (κ2) is 7.59. The monoisotopic (exact) mass is 295 g/mol. The number of rotatable bonds is 4. The van der Waals surface area contributed by atoms with Crippen LogP contribution in [0.4, 0.5) is 0 Å². The van der Waals surface area contributed by atoms with Crippen LogP contribution in [0.25, 0.3) is 0 Å². The van der Waals surface area contributed by atoms with Crippen LogP contribution in [0.2, 0.25) is 0 Å². The van der Waals surface area contributed by atoms with Gasteiger partial charge in [0.25, 0.3) is 0 Å². The Balaban J connectivity index is 1.94. The minimum Gasteiger partial charge on any atom is -0.341 e. The van der Waals surface area contributed by atoms with Crippen molar-refractivity contribution in [2.24, 2.45) is 5.92 Å². The molecule has 1 amide bonds. The first-order valence-corrected chi connectivity index (χ1v) is 8.81. The summed E-state index contributed by atoms with van der Waals surface area (Å²) < 4.78 is 0. The van der Waals surface area contributed by atoms with Gasteiger partial charge in [0, 0.05) is 39.3 Å². The zero-order chi connectivity index (χ0) is 15.3. The van der Waals surface area contributed by atoms with Crippen LogP contribution in [0, 0.1) is 5.92 Å². The Morgan fingerprint density at radius 3 is 2.52 bits per heavy atom. The number of likely N-dealkylation sites (tertiary alicyclic amines) is 1. The van der Waals surface area contributed by atoms with Crippen molar-refractivity contribution in [3.8, 4) is 0 Å². The molecule has 1 N–H and O–H groups in total. The number of nitrogens with zero attached hydrogens (tertiary/aromatic N) is 2. The molecule has 4 heteroatoms. The summed E-state index contributed by atoms with van der Waals surface area (Å²) in [6, 6.07) is 0. The minimum absolute atomic E-state index is 0.335. The zero-order valence-corrected chi connectivity index (χ0v) is 14.2. The molecule has 0 spiro atoms. The van der Waals surface area contributed by atoms with Crippen LogP contribution >= 0.6 is 0 Å². The number of hydrogen-bond acceptors (Lipinski definition) is 3. The van der Waals surface area contributed by atoms with E-state index in [0.29, 0.717) is 5.91 Å². The lowest BCUT2D eigenvalue weighted by Crippen LogP contribution is -2.60. The fraction of sp³-hybridized carbons (Fsp3) is 0.941. The summed E-state index contributed by atoms with van der Waals surface area (Å²) in [6.45, 7) is 12.3. The highest BCUT2D eigenvalue weighted by Gasteiger charge is 2.38. The van der Waals surface area contributed by atoms with Crippen molar-refractivity contribution in [2.75, 3.05) is 39.3 Å². The van der Waals surface area contributed by atoms with Crippen LogP contribution in [-0.2, 0) is 4.79 Å². The molecule has 2 aliphatic rings. The predicted octanol–water partition coefficient (Wildman–Crippen LogP) is 2.10. The van der Waals surface area contributed by atoms with E-state index in [1.807, 2.05) is 0 Å². The molecular weight excluding hydrogens is 262 g/mol. The smallest absolute Gasteiger partial charge is 0.242 e. The van der Waals surface area contributed by atoms with Crippen LogP contribution in [0.3, 0.4) is 0 Å². The maximum atomic E-state index is 13.0. The number of nitrogens with one attached hydrogen (secondary N) is 1. The van der Waals surface area contributed by atoms with Gasteiger partial charge in [0.1, 0.15) is 0 Å². The molecule has 0 aliphatic carbocycles. The normalized spacial score (nSPS) is 25.7. The van der Waals surface area contributed by atoms with Gasteiger partial charge in [0.15, 0.2) is 0 Å². The van der Waals surface area contributed by atoms with Crippen LogP contribution in [0.1, 0.15) is 52.9 Å². The Morgan fingerprint density at radius 1 is 1.14 bits per heavy atom. The molecule has 0 bridgehead atoms. The average Bonchev–Trinajstić information content (AvgIpc) is 2.73. The van der Waals surface area contributed by atoms with Crippen LogP contribution in [0.15, 0.2) is 0 Å². The lowest BCUT2D eigenvalue weighted by molar-refractivity contribution is -0.143. The summed E-state index contributed by atoms with van der Waals surface area (Å²) in [5.41, 5.74) is -0.354. The Labute approximate surface area is 130 Å². The first-order chi connectivity index (χ1) is 10.1. The number of amides is 1. The molecule has 0 aromatic rings. The zero-order valence-electron chi connectivity index (χ0n) is 14.2. The summed E-state index contributed by atoms with van der Waals surface area (Å²) in [5.74, 6) is 1.16. The highest BCUT2D eigenvalue weighted by molar-refractivity contribution is 5.85. The van der Waals surface area contributed by atoms with Gasteiger partial charge in [0.05, 0.1) is 5.54 Å². The van der Waals surface area contributed by atoms with Crippen LogP contribution < -0.4 is 5.32 Å². The standard InChI is InChI=1S/C17H33N3O/c1-4-6-15-7-5-11-19(12-8-15)16(21)17(2,3)20-13-9-18-10-14-20/h15,18H,4-14H2,1-3H3. The fourth-order valence-corrected chi connectivity index (χ4v) is 3.81. The van der Waals surface area contributed by atoms with E-state index in [1.165, 1.54) is 32.1 Å². The molecular formula is C17H33N3O. The molecule has 2 rings (SSSR count). The summed E-state index contributed by atoms with van der Waals surface area (Å²) in [6.07, 6.45) is 6.26. The Bertz CT molecular complexity index is 337. The molecule has 2 fully saturated rings. The van der Waals surface area contributed by atoms with Gasteiger partial charge < -0.3 is 10.2 Å². The third-order valence-corrected chi connectivity index (χ3v) is 5.26. The van der Waals surface area contributed by atoms with Crippen molar-refractivity contribution in [2.45, 2.75) is 58.4 Å². The van der Waals surface area contributed by atoms with Gasteiger partial charge in [0.2, 0.25) is 5.91 Å². The van der Waals surface area contributed by atoms with E-state index in [4.69, 9.17) is 0 Å². The van der Waals surface area contributed by atoms with Gasteiger partial charge in [-0.2, -0.15) is 0 Å². The number of hydrogen-bond donors (Lipinski definition) is 1. The predicted molar refractivity (Wildman–Crippen MR) is 87.4 cm³/mol. The summed E-state index contributed by atoms with van der Waals surface area (Å²) >= 11 is 0. The molecule has 0 aromatic carbocycles. The Hall–Kier alpha value is -0.610. The van der Waals surface area contributed by atoms with Gasteiger partial charge in [-0.1, -0.05) is 19.8 Å². The van der Waals surface area contributed by atoms with Gasteiger partial charge in [-0.25, -0.2) is 0 Å². The third-order valence-electron chi connectivity index (χ3n) is 5.26. The third kappa shape index (κ3) is 4.19. The van der Waals surface area contributed by atoms with Crippen LogP contribution in [0.5, 0.6) is 0 Å². The SMILES string of the molecule is CCCC1CCCN(C(=O)C(C)(C)N2CCNCC2)CC1. The Kier molecular flexibility index (Phi) is 6.06. The molecule has 2 aliphatic heterocycles. The topological polar surface area (TPSA) is 35.6 Å². The van der Waals surface area contributed by atoms with E-state index in [9.17, 15) is 4.79 Å². The molecule has 0 radical (unpaired) electrons. The maximum Gasteiger partial charge on any atom is 0.242 e. The molecule has 21 heavy (non-hydrogen) atoms. The lowest BCUT2D eigenvalue weighted by atomic mass is 9.96. The van der Waals surface area contributed by atoms with Crippen molar-refractivity contribution in [3.63, 3.8) is 0 Å². The van der Waals surface area contributed by atoms with Crippen molar-refractivity contribution in [1.82, 2.24) is 15.1 Å². The van der Waals surface area contributed by atoms with Gasteiger partial charge in [-0.3, -0.25) is 9.69 Å². The van der Waals surface area contributed by atoms with E-state index >= 15 is 0 Å². The largest absolute Gasteiger partial charge is 0.341 e. The lowest BCUT2D eigenvalue weighted by Gasteiger charge is -2.42. The van der Waals surface area contributed by atoms with E-state index in [0.717, 1.165) is 45.2 Å². The van der Waals surface area contributed by atoms with Gasteiger partial charge in [-0.05, 0) is 39.0 Å². The van der Waals surface area contributed by atoms with Crippen molar-refractivity contribution in [3.05, 3.63) is 0 Å². The second-order valence-corrected chi connectivity index (χ2v) is 7.17. The second-order valence-electron chi connectivity index (χ2n) is 7.17. The van der Waals surface area contributed by atoms with Gasteiger partial charge >= 0.3 is 0 Å². The van der Waals surface area contributed by atoms with Gasteiger partial charge in [-0.15, -0.1) is 0 Å². The highest BCUT2D eigenvalue weighted by Crippen LogP contribution is 2.25. The highest BCUT2D eigenvalue weighted by atomic mass is 16.2. The van der Waals surface area contributed by atoms with E-state index in [-0.39, 0.29) is 5.54 Å². The van der Waals surface area contributed by atoms with Crippen molar-refractivity contribution in [1.29, 1.82) is 0 Å². The molecule has 1 atom stereocenters. The molecule has 0 saturated carbocycles. The molecule has 2 heterocycles. The van der Waals surface area contributed by atoms with Crippen molar-refractivity contribution >= 4 is 5.91 Å². The quantitative estimate of drug-likeness (QED) is 0.863. The number of carbonyl (C=O) groups is 1. The number of piperazine rings is 1. The van der Waals surface area contributed by atoms with Crippen molar-refractivity contribution < 1.29 is 4.79 Å². The Morgan fingerprint density at radius 2 is 1.86 bits per heavy atom. The van der Waals surface area contributed by atoms with E-state index < -0.39 is 0 Å².